The van der Waals surface area contributed by atoms with Crippen LogP contribution in [-0.4, -0.2) is 41.1 Å². The minimum atomic E-state index is -0.0713. The Kier molecular flexibility index (Phi) is 4.81. The van der Waals surface area contributed by atoms with Crippen molar-refractivity contribution in [2.24, 2.45) is 5.92 Å². The molecule has 2 aromatic rings. The predicted molar refractivity (Wildman–Crippen MR) is 91.5 cm³/mol. The van der Waals surface area contributed by atoms with E-state index in [1.54, 1.807) is 6.26 Å². The lowest BCUT2D eigenvalue weighted by Crippen LogP contribution is -2.52. The van der Waals surface area contributed by atoms with Crippen LogP contribution in [0.2, 0.25) is 0 Å². The van der Waals surface area contributed by atoms with Crippen molar-refractivity contribution in [1.82, 2.24) is 15.2 Å². The molecule has 2 saturated heterocycles. The van der Waals surface area contributed by atoms with Crippen LogP contribution in [0.15, 0.2) is 47.2 Å². The van der Waals surface area contributed by atoms with Crippen LogP contribution in [0.5, 0.6) is 0 Å². The van der Waals surface area contributed by atoms with Gasteiger partial charge in [-0.15, -0.1) is 0 Å². The molecule has 1 amide bonds. The molecule has 0 aromatic carbocycles. The second-order valence-corrected chi connectivity index (χ2v) is 6.75. The van der Waals surface area contributed by atoms with Crippen molar-refractivity contribution >= 4 is 5.91 Å². The SMILES string of the molecule is O=C(NCc1ccco1)[C@H]1C[C@H]2OCC[C@H]2N(Cc2ccccn2)C1. The molecule has 132 valence electrons. The lowest BCUT2D eigenvalue weighted by molar-refractivity contribution is -0.130. The zero-order valence-electron chi connectivity index (χ0n) is 14.1. The number of carbonyl (C=O) groups excluding carboxylic acids is 1. The van der Waals surface area contributed by atoms with Crippen molar-refractivity contribution in [3.8, 4) is 0 Å². The Bertz CT molecular complexity index is 689. The number of aromatic nitrogens is 1. The number of fused-ring (bicyclic) bond motifs is 1. The minimum absolute atomic E-state index is 0.0661. The summed E-state index contributed by atoms with van der Waals surface area (Å²) in [5.74, 6) is 0.763. The zero-order chi connectivity index (χ0) is 17.1. The first-order valence-electron chi connectivity index (χ1n) is 8.85. The molecule has 0 saturated carbocycles. The van der Waals surface area contributed by atoms with Gasteiger partial charge in [0.1, 0.15) is 5.76 Å². The molecule has 25 heavy (non-hydrogen) atoms. The van der Waals surface area contributed by atoms with E-state index < -0.39 is 0 Å². The van der Waals surface area contributed by atoms with E-state index in [0.29, 0.717) is 12.6 Å². The summed E-state index contributed by atoms with van der Waals surface area (Å²) in [5, 5.41) is 2.99. The van der Waals surface area contributed by atoms with Crippen LogP contribution in [0, 0.1) is 5.92 Å². The van der Waals surface area contributed by atoms with Gasteiger partial charge in [-0.25, -0.2) is 0 Å². The van der Waals surface area contributed by atoms with Gasteiger partial charge in [0, 0.05) is 31.9 Å². The third-order valence-corrected chi connectivity index (χ3v) is 5.09. The molecule has 0 bridgehead atoms. The van der Waals surface area contributed by atoms with Crippen molar-refractivity contribution in [3.05, 3.63) is 54.2 Å². The molecular formula is C19H23N3O3. The first kappa shape index (κ1) is 16.3. The maximum absolute atomic E-state index is 12.6. The van der Waals surface area contributed by atoms with E-state index in [1.165, 1.54) is 0 Å². The third-order valence-electron chi connectivity index (χ3n) is 5.09. The van der Waals surface area contributed by atoms with Gasteiger partial charge >= 0.3 is 0 Å². The number of ether oxygens (including phenoxy) is 1. The Hall–Kier alpha value is -2.18. The number of carbonyl (C=O) groups is 1. The van der Waals surface area contributed by atoms with Gasteiger partial charge in [0.2, 0.25) is 5.91 Å². The van der Waals surface area contributed by atoms with E-state index in [-0.39, 0.29) is 17.9 Å². The molecule has 1 N–H and O–H groups in total. The molecule has 0 unspecified atom stereocenters. The summed E-state index contributed by atoms with van der Waals surface area (Å²) in [7, 11) is 0. The first-order valence-corrected chi connectivity index (χ1v) is 8.85. The maximum atomic E-state index is 12.6. The molecule has 0 spiro atoms. The number of nitrogens with zero attached hydrogens (tertiary/aromatic N) is 2. The van der Waals surface area contributed by atoms with E-state index in [4.69, 9.17) is 9.15 Å². The first-order chi connectivity index (χ1) is 12.3. The van der Waals surface area contributed by atoms with Gasteiger partial charge in [-0.1, -0.05) is 6.07 Å². The number of piperidine rings is 1. The molecule has 2 aliphatic heterocycles. The van der Waals surface area contributed by atoms with Gasteiger partial charge in [0.05, 0.1) is 30.5 Å². The highest BCUT2D eigenvalue weighted by Gasteiger charge is 2.42. The highest BCUT2D eigenvalue weighted by molar-refractivity contribution is 5.79. The van der Waals surface area contributed by atoms with Crippen molar-refractivity contribution in [1.29, 1.82) is 0 Å². The Balaban J connectivity index is 1.41. The van der Waals surface area contributed by atoms with Gasteiger partial charge in [0.25, 0.3) is 0 Å². The fourth-order valence-corrected chi connectivity index (χ4v) is 3.86. The van der Waals surface area contributed by atoms with Gasteiger partial charge in [0.15, 0.2) is 0 Å². The summed E-state index contributed by atoms with van der Waals surface area (Å²) in [4.78, 5) is 19.4. The van der Waals surface area contributed by atoms with Gasteiger partial charge in [-0.2, -0.15) is 0 Å². The van der Waals surface area contributed by atoms with Crippen LogP contribution >= 0.6 is 0 Å². The monoisotopic (exact) mass is 341 g/mol. The second-order valence-electron chi connectivity index (χ2n) is 6.75. The second kappa shape index (κ2) is 7.37. The average Bonchev–Trinajstić information content (AvgIpc) is 3.32. The number of hydrogen-bond donors (Lipinski definition) is 1. The predicted octanol–water partition coefficient (Wildman–Crippen LogP) is 1.97. The molecule has 0 radical (unpaired) electrons. The van der Waals surface area contributed by atoms with E-state index in [1.807, 2.05) is 36.5 Å². The number of nitrogens with one attached hydrogen (secondary N) is 1. The van der Waals surface area contributed by atoms with Crippen LogP contribution in [0.3, 0.4) is 0 Å². The van der Waals surface area contributed by atoms with E-state index >= 15 is 0 Å². The normalized spacial score (nSPS) is 26.3. The van der Waals surface area contributed by atoms with Gasteiger partial charge < -0.3 is 14.5 Å². The molecular weight excluding hydrogens is 318 g/mol. The van der Waals surface area contributed by atoms with Crippen LogP contribution in [-0.2, 0) is 22.6 Å². The van der Waals surface area contributed by atoms with Crippen LogP contribution < -0.4 is 5.32 Å². The number of amides is 1. The summed E-state index contributed by atoms with van der Waals surface area (Å²) in [5.41, 5.74) is 1.03. The maximum Gasteiger partial charge on any atom is 0.224 e. The van der Waals surface area contributed by atoms with Crippen LogP contribution in [0.4, 0.5) is 0 Å². The van der Waals surface area contributed by atoms with Crippen LogP contribution in [0.25, 0.3) is 0 Å². The fourth-order valence-electron chi connectivity index (χ4n) is 3.86. The Labute approximate surface area is 147 Å². The largest absolute Gasteiger partial charge is 0.467 e. The molecule has 2 fully saturated rings. The minimum Gasteiger partial charge on any atom is -0.467 e. The molecule has 4 heterocycles. The highest BCUT2D eigenvalue weighted by atomic mass is 16.5. The summed E-state index contributed by atoms with van der Waals surface area (Å²) >= 11 is 0. The number of likely N-dealkylation sites (tertiary alicyclic amines) is 1. The molecule has 2 aliphatic rings. The van der Waals surface area contributed by atoms with Crippen LogP contribution in [0.1, 0.15) is 24.3 Å². The molecule has 0 aliphatic carbocycles. The zero-order valence-corrected chi connectivity index (χ0v) is 14.1. The number of pyridine rings is 1. The van der Waals surface area contributed by atoms with E-state index in [0.717, 1.165) is 44.0 Å². The summed E-state index contributed by atoms with van der Waals surface area (Å²) in [6.07, 6.45) is 5.38. The molecule has 2 aromatic heterocycles. The number of hydrogen-bond acceptors (Lipinski definition) is 5. The molecule has 6 nitrogen and oxygen atoms in total. The summed E-state index contributed by atoms with van der Waals surface area (Å²) in [6.45, 7) is 2.70. The average molecular weight is 341 g/mol. The number of furan rings is 1. The fraction of sp³-hybridized carbons (Fsp3) is 0.474. The summed E-state index contributed by atoms with van der Waals surface area (Å²) in [6, 6.07) is 10.0. The molecule has 4 rings (SSSR count). The smallest absolute Gasteiger partial charge is 0.224 e. The molecule has 3 atom stereocenters. The Morgan fingerprint density at radius 2 is 2.28 bits per heavy atom. The van der Waals surface area contributed by atoms with E-state index in [9.17, 15) is 4.79 Å². The number of rotatable bonds is 5. The lowest BCUT2D eigenvalue weighted by Gasteiger charge is -2.40. The quantitative estimate of drug-likeness (QED) is 0.901. The standard InChI is InChI=1S/C19H23N3O3/c23-19(21-11-16-5-3-8-24-16)14-10-18-17(6-9-25-18)22(12-14)13-15-4-1-2-7-20-15/h1-5,7-8,14,17-18H,6,9-13H2,(H,21,23)/t14-,17+,18+/m0/s1. The lowest BCUT2D eigenvalue weighted by atomic mass is 9.89. The van der Waals surface area contributed by atoms with E-state index in [2.05, 4.69) is 15.2 Å². The molecule has 6 heteroatoms. The summed E-state index contributed by atoms with van der Waals surface area (Å²) < 4.78 is 11.2. The van der Waals surface area contributed by atoms with Crippen molar-refractivity contribution in [3.63, 3.8) is 0 Å². The Morgan fingerprint density at radius 3 is 3.08 bits per heavy atom. The highest BCUT2D eigenvalue weighted by Crippen LogP contribution is 2.32. The van der Waals surface area contributed by atoms with Gasteiger partial charge in [-0.3, -0.25) is 14.7 Å². The topological polar surface area (TPSA) is 67.6 Å². The van der Waals surface area contributed by atoms with Crippen molar-refractivity contribution < 1.29 is 13.9 Å². The van der Waals surface area contributed by atoms with Gasteiger partial charge in [-0.05, 0) is 37.1 Å². The third kappa shape index (κ3) is 3.75. The Morgan fingerprint density at radius 1 is 1.32 bits per heavy atom. The van der Waals surface area contributed by atoms with Crippen molar-refractivity contribution in [2.45, 2.75) is 38.1 Å². The van der Waals surface area contributed by atoms with Crippen molar-refractivity contribution in [2.75, 3.05) is 13.2 Å².